The average molecular weight is 427 g/mol. The lowest BCUT2D eigenvalue weighted by Crippen LogP contribution is -2.22. The summed E-state index contributed by atoms with van der Waals surface area (Å²) in [7, 11) is 0. The van der Waals surface area contributed by atoms with Crippen molar-refractivity contribution in [2.24, 2.45) is 10.8 Å². The van der Waals surface area contributed by atoms with Gasteiger partial charge in [-0.15, -0.1) is 0 Å². The standard InChI is InChI=1S/C10H11BrN2.C5H6BrN3/c1-6-10(2,3)8-4-7(11)5-12-9(8)13-6;6-4-1-2-5(9-7)8-3-4/h4-5H,1-3H3;1-3H,7H2,(H,8,9). The second-order valence-corrected chi connectivity index (χ2v) is 7.18. The number of pyridine rings is 2. The van der Waals surface area contributed by atoms with Crippen LogP contribution in [0.1, 0.15) is 26.3 Å². The molecule has 0 fully saturated rings. The topological polar surface area (TPSA) is 76.2 Å². The molecule has 0 amide bonds. The average Bonchev–Trinajstić information content (AvgIpc) is 2.71. The van der Waals surface area contributed by atoms with Crippen LogP contribution in [-0.4, -0.2) is 15.7 Å². The van der Waals surface area contributed by atoms with Gasteiger partial charge in [-0.05, 0) is 57.0 Å². The Kier molecular flexibility index (Phi) is 5.31. The highest BCUT2D eigenvalue weighted by Gasteiger charge is 2.32. The highest BCUT2D eigenvalue weighted by Crippen LogP contribution is 2.39. The SMILES string of the molecule is CC1=Nc2ncc(Br)cc2C1(C)C.NNc1ccc(Br)cn1. The van der Waals surface area contributed by atoms with Crippen molar-refractivity contribution in [3.05, 3.63) is 45.1 Å². The molecule has 0 aliphatic carbocycles. The molecule has 0 saturated heterocycles. The lowest BCUT2D eigenvalue weighted by Gasteiger charge is -2.19. The van der Waals surface area contributed by atoms with Crippen LogP contribution < -0.4 is 11.3 Å². The second-order valence-electron chi connectivity index (χ2n) is 5.35. The maximum atomic E-state index is 5.07. The molecule has 116 valence electrons. The van der Waals surface area contributed by atoms with Crippen LogP contribution in [0.4, 0.5) is 11.6 Å². The summed E-state index contributed by atoms with van der Waals surface area (Å²) < 4.78 is 1.96. The minimum atomic E-state index is 0.0338. The van der Waals surface area contributed by atoms with E-state index in [-0.39, 0.29) is 5.41 Å². The summed E-state index contributed by atoms with van der Waals surface area (Å²) in [5.41, 5.74) is 4.80. The Balaban J connectivity index is 0.000000172. The van der Waals surface area contributed by atoms with Gasteiger partial charge in [0.2, 0.25) is 0 Å². The summed E-state index contributed by atoms with van der Waals surface area (Å²) in [4.78, 5) is 12.6. The van der Waals surface area contributed by atoms with Gasteiger partial charge in [0.05, 0.1) is 0 Å². The van der Waals surface area contributed by atoms with Gasteiger partial charge in [-0.2, -0.15) is 0 Å². The molecule has 3 rings (SSSR count). The Morgan fingerprint density at radius 2 is 1.77 bits per heavy atom. The van der Waals surface area contributed by atoms with Crippen LogP contribution in [0.15, 0.2) is 44.5 Å². The molecule has 0 atom stereocenters. The fourth-order valence-electron chi connectivity index (χ4n) is 1.94. The van der Waals surface area contributed by atoms with Crippen LogP contribution in [0.3, 0.4) is 0 Å². The van der Waals surface area contributed by atoms with Crippen molar-refractivity contribution in [2.45, 2.75) is 26.2 Å². The molecule has 5 nitrogen and oxygen atoms in total. The van der Waals surface area contributed by atoms with Crippen molar-refractivity contribution in [3.63, 3.8) is 0 Å². The number of nitrogens with two attached hydrogens (primary N) is 1. The van der Waals surface area contributed by atoms with Crippen LogP contribution in [0.25, 0.3) is 0 Å². The minimum absolute atomic E-state index is 0.0338. The molecule has 1 aliphatic rings. The van der Waals surface area contributed by atoms with Gasteiger partial charge in [-0.1, -0.05) is 13.8 Å². The largest absolute Gasteiger partial charge is 0.308 e. The Labute approximate surface area is 146 Å². The molecule has 0 unspecified atom stereocenters. The second kappa shape index (κ2) is 6.85. The molecule has 2 aromatic rings. The zero-order valence-electron chi connectivity index (χ0n) is 12.6. The molecule has 3 N–H and O–H groups in total. The predicted octanol–water partition coefficient (Wildman–Crippen LogP) is 4.36. The van der Waals surface area contributed by atoms with Crippen LogP contribution in [0, 0.1) is 0 Å². The zero-order valence-corrected chi connectivity index (χ0v) is 15.7. The molecule has 0 radical (unpaired) electrons. The van der Waals surface area contributed by atoms with E-state index in [1.807, 2.05) is 6.07 Å². The predicted molar refractivity (Wildman–Crippen MR) is 97.5 cm³/mol. The van der Waals surface area contributed by atoms with Gasteiger partial charge in [0.15, 0.2) is 5.82 Å². The molecular weight excluding hydrogens is 410 g/mol. The lowest BCUT2D eigenvalue weighted by molar-refractivity contribution is 0.730. The first-order valence-electron chi connectivity index (χ1n) is 6.64. The lowest BCUT2D eigenvalue weighted by atomic mass is 9.83. The van der Waals surface area contributed by atoms with Gasteiger partial charge in [0.25, 0.3) is 0 Å². The number of hydrazine groups is 1. The first-order valence-corrected chi connectivity index (χ1v) is 8.23. The number of aromatic nitrogens is 2. The van der Waals surface area contributed by atoms with E-state index in [0.717, 1.165) is 20.5 Å². The summed E-state index contributed by atoms with van der Waals surface area (Å²) in [5.74, 6) is 6.60. The molecule has 0 saturated carbocycles. The third kappa shape index (κ3) is 3.71. The fourth-order valence-corrected chi connectivity index (χ4v) is 2.50. The van der Waals surface area contributed by atoms with E-state index in [1.54, 1.807) is 18.5 Å². The number of hydrogen-bond donors (Lipinski definition) is 2. The summed E-state index contributed by atoms with van der Waals surface area (Å²) in [5, 5.41) is 0. The van der Waals surface area contributed by atoms with Gasteiger partial charge in [0.1, 0.15) is 5.82 Å². The van der Waals surface area contributed by atoms with Gasteiger partial charge in [0, 0.05) is 38.0 Å². The molecule has 0 spiro atoms. The van der Waals surface area contributed by atoms with Gasteiger partial charge in [-0.25, -0.2) is 20.8 Å². The summed E-state index contributed by atoms with van der Waals surface area (Å²) in [6, 6.07) is 5.74. The molecule has 1 aliphatic heterocycles. The summed E-state index contributed by atoms with van der Waals surface area (Å²) in [6.07, 6.45) is 3.46. The fraction of sp³-hybridized carbons (Fsp3) is 0.267. The monoisotopic (exact) mass is 425 g/mol. The molecule has 2 aromatic heterocycles. The molecule has 0 aromatic carbocycles. The normalized spacial score (nSPS) is 14.5. The highest BCUT2D eigenvalue weighted by molar-refractivity contribution is 9.10. The van der Waals surface area contributed by atoms with Crippen LogP contribution in [-0.2, 0) is 5.41 Å². The molecule has 3 heterocycles. The Morgan fingerprint density at radius 1 is 1.09 bits per heavy atom. The van der Waals surface area contributed by atoms with Crippen LogP contribution in [0.2, 0.25) is 0 Å². The number of fused-ring (bicyclic) bond motifs is 1. The number of nitrogens with one attached hydrogen (secondary N) is 1. The summed E-state index contributed by atoms with van der Waals surface area (Å²) >= 11 is 6.67. The minimum Gasteiger partial charge on any atom is -0.308 e. The Morgan fingerprint density at radius 3 is 2.36 bits per heavy atom. The Hall–Kier alpha value is -1.31. The first-order chi connectivity index (χ1) is 10.3. The molecule has 22 heavy (non-hydrogen) atoms. The zero-order chi connectivity index (χ0) is 16.3. The van der Waals surface area contributed by atoms with Crippen molar-refractivity contribution in [2.75, 3.05) is 5.43 Å². The quantitative estimate of drug-likeness (QED) is 0.524. The van der Waals surface area contributed by atoms with Crippen molar-refractivity contribution < 1.29 is 0 Å². The van der Waals surface area contributed by atoms with E-state index in [1.165, 1.54) is 5.56 Å². The van der Waals surface area contributed by atoms with Crippen molar-refractivity contribution in [1.82, 2.24) is 9.97 Å². The number of aliphatic imine (C=N–C) groups is 1. The van der Waals surface area contributed by atoms with Gasteiger partial charge >= 0.3 is 0 Å². The van der Waals surface area contributed by atoms with E-state index in [4.69, 9.17) is 5.84 Å². The van der Waals surface area contributed by atoms with Gasteiger partial charge < -0.3 is 5.43 Å². The van der Waals surface area contributed by atoms with E-state index >= 15 is 0 Å². The van der Waals surface area contributed by atoms with Crippen LogP contribution in [0.5, 0.6) is 0 Å². The number of nitrogens with zero attached hydrogens (tertiary/aromatic N) is 3. The van der Waals surface area contributed by atoms with E-state index in [0.29, 0.717) is 5.82 Å². The molecule has 0 bridgehead atoms. The van der Waals surface area contributed by atoms with E-state index in [2.05, 4.69) is 79.1 Å². The number of hydrogen-bond acceptors (Lipinski definition) is 5. The molecule has 7 heteroatoms. The van der Waals surface area contributed by atoms with E-state index < -0.39 is 0 Å². The number of nitrogen functional groups attached to an aromatic ring is 1. The summed E-state index contributed by atoms with van der Waals surface area (Å²) in [6.45, 7) is 6.40. The maximum absolute atomic E-state index is 5.07. The van der Waals surface area contributed by atoms with E-state index in [9.17, 15) is 0 Å². The number of anilines is 1. The first kappa shape index (κ1) is 17.1. The van der Waals surface area contributed by atoms with Crippen molar-refractivity contribution in [3.8, 4) is 0 Å². The Bertz CT molecular complexity index is 696. The highest BCUT2D eigenvalue weighted by atomic mass is 79.9. The maximum Gasteiger partial charge on any atom is 0.155 e. The van der Waals surface area contributed by atoms with Crippen LogP contribution >= 0.6 is 31.9 Å². The van der Waals surface area contributed by atoms with Crippen molar-refractivity contribution in [1.29, 1.82) is 0 Å². The van der Waals surface area contributed by atoms with Crippen molar-refractivity contribution >= 4 is 49.2 Å². The third-order valence-electron chi connectivity index (χ3n) is 3.56. The number of halogens is 2. The smallest absolute Gasteiger partial charge is 0.155 e. The molecular formula is C15H17Br2N5. The third-order valence-corrected chi connectivity index (χ3v) is 4.46. The number of rotatable bonds is 1. The van der Waals surface area contributed by atoms with Gasteiger partial charge in [-0.3, -0.25) is 0 Å².